The van der Waals surface area contributed by atoms with Crippen molar-refractivity contribution in [3.8, 4) is 0 Å². The van der Waals surface area contributed by atoms with E-state index in [1.165, 1.54) is 7.11 Å². The molecule has 0 saturated heterocycles. The lowest BCUT2D eigenvalue weighted by Gasteiger charge is -2.14. The number of urea groups is 1. The number of methoxy groups -OCH3 is 1. The molecular weight excluding hydrogens is 252 g/mol. The van der Waals surface area contributed by atoms with Crippen molar-refractivity contribution in [3.05, 3.63) is 18.7 Å². The maximum atomic E-state index is 11.4. The first kappa shape index (κ1) is 15.0. The first-order chi connectivity index (χ1) is 9.13. The van der Waals surface area contributed by atoms with E-state index in [2.05, 4.69) is 15.6 Å². The summed E-state index contributed by atoms with van der Waals surface area (Å²) in [4.78, 5) is 26.1. The molecule has 1 heterocycles. The molecule has 0 bridgehead atoms. The number of imidazole rings is 1. The molecule has 19 heavy (non-hydrogen) atoms. The Morgan fingerprint density at radius 1 is 1.53 bits per heavy atom. The fraction of sp³-hybridized carbons (Fsp3) is 0.545. The molecule has 0 radical (unpaired) electrons. The average molecular weight is 270 g/mol. The highest BCUT2D eigenvalue weighted by atomic mass is 16.5. The minimum Gasteiger partial charge on any atom is -0.480 e. The van der Waals surface area contributed by atoms with Gasteiger partial charge in [0.1, 0.15) is 0 Å². The summed E-state index contributed by atoms with van der Waals surface area (Å²) in [5.41, 5.74) is 0. The van der Waals surface area contributed by atoms with Gasteiger partial charge < -0.3 is 25.0 Å². The van der Waals surface area contributed by atoms with E-state index in [9.17, 15) is 9.59 Å². The molecule has 1 atom stereocenters. The van der Waals surface area contributed by atoms with E-state index in [1.807, 2.05) is 10.8 Å². The van der Waals surface area contributed by atoms with Gasteiger partial charge in [-0.2, -0.15) is 0 Å². The number of aliphatic carboxylic acids is 1. The number of aromatic nitrogens is 2. The van der Waals surface area contributed by atoms with Crippen LogP contribution in [0.3, 0.4) is 0 Å². The molecular formula is C11H18N4O4. The first-order valence-electron chi connectivity index (χ1n) is 5.85. The molecule has 3 N–H and O–H groups in total. The highest BCUT2D eigenvalue weighted by Crippen LogP contribution is 1.90. The minimum atomic E-state index is -1.13. The number of carboxylic acid groups (broad SMARTS) is 1. The van der Waals surface area contributed by atoms with Crippen LogP contribution in [0, 0.1) is 0 Å². The van der Waals surface area contributed by atoms with Crippen LogP contribution < -0.4 is 10.6 Å². The van der Waals surface area contributed by atoms with Gasteiger partial charge in [0, 0.05) is 32.6 Å². The first-order valence-corrected chi connectivity index (χ1v) is 5.85. The summed E-state index contributed by atoms with van der Waals surface area (Å²) in [7, 11) is 1.38. The van der Waals surface area contributed by atoms with Gasteiger partial charge in [-0.25, -0.2) is 14.6 Å². The van der Waals surface area contributed by atoms with E-state index >= 15 is 0 Å². The number of hydrogen-bond acceptors (Lipinski definition) is 4. The van der Waals surface area contributed by atoms with Crippen LogP contribution in [-0.4, -0.2) is 53.0 Å². The van der Waals surface area contributed by atoms with Crippen molar-refractivity contribution in [3.63, 3.8) is 0 Å². The van der Waals surface area contributed by atoms with Gasteiger partial charge in [-0.05, 0) is 6.42 Å². The lowest BCUT2D eigenvalue weighted by Crippen LogP contribution is -2.48. The third kappa shape index (κ3) is 5.87. The Kier molecular flexibility index (Phi) is 6.37. The van der Waals surface area contributed by atoms with Crippen molar-refractivity contribution in [1.29, 1.82) is 0 Å². The monoisotopic (exact) mass is 270 g/mol. The molecule has 2 amide bonds. The molecule has 0 aliphatic carbocycles. The van der Waals surface area contributed by atoms with Crippen LogP contribution in [0.1, 0.15) is 6.42 Å². The summed E-state index contributed by atoms with van der Waals surface area (Å²) in [6.45, 7) is 1.11. The van der Waals surface area contributed by atoms with Gasteiger partial charge in [0.25, 0.3) is 0 Å². The standard InChI is InChI=1S/C11H18N4O4/c1-19-7-9(10(16)17)14-11(18)13-3-2-5-15-6-4-12-8-15/h4,6,8-9H,2-3,5,7H2,1H3,(H,16,17)(H2,13,14,18). The smallest absolute Gasteiger partial charge is 0.328 e. The number of hydrogen-bond donors (Lipinski definition) is 3. The number of carboxylic acids is 1. The zero-order chi connectivity index (χ0) is 14.1. The fourth-order valence-corrected chi connectivity index (χ4v) is 1.43. The molecule has 1 aromatic heterocycles. The normalized spacial score (nSPS) is 11.8. The summed E-state index contributed by atoms with van der Waals surface area (Å²) in [6.07, 6.45) is 5.94. The zero-order valence-electron chi connectivity index (χ0n) is 10.7. The van der Waals surface area contributed by atoms with Crippen LogP contribution in [-0.2, 0) is 16.1 Å². The van der Waals surface area contributed by atoms with Crippen LogP contribution in [0.2, 0.25) is 0 Å². The second-order valence-electron chi connectivity index (χ2n) is 3.90. The van der Waals surface area contributed by atoms with Gasteiger partial charge in [-0.1, -0.05) is 0 Å². The number of carbonyl (C=O) groups excluding carboxylic acids is 1. The average Bonchev–Trinajstić information content (AvgIpc) is 2.87. The van der Waals surface area contributed by atoms with Crippen molar-refractivity contribution < 1.29 is 19.4 Å². The summed E-state index contributed by atoms with van der Waals surface area (Å²) in [5, 5.41) is 13.7. The lowest BCUT2D eigenvalue weighted by atomic mass is 10.3. The van der Waals surface area contributed by atoms with Crippen LogP contribution in [0.25, 0.3) is 0 Å². The number of nitrogens with zero attached hydrogens (tertiary/aromatic N) is 2. The van der Waals surface area contributed by atoms with E-state index in [0.717, 1.165) is 13.0 Å². The van der Waals surface area contributed by atoms with Crippen molar-refractivity contribution in [2.45, 2.75) is 19.0 Å². The third-order valence-corrected chi connectivity index (χ3v) is 2.37. The molecule has 0 fully saturated rings. The molecule has 1 aromatic rings. The summed E-state index contributed by atoms with van der Waals surface area (Å²) in [6, 6.07) is -1.56. The summed E-state index contributed by atoms with van der Waals surface area (Å²) in [5.74, 6) is -1.13. The Hall–Kier alpha value is -2.09. The van der Waals surface area contributed by atoms with Crippen LogP contribution in [0.15, 0.2) is 18.7 Å². The number of carbonyl (C=O) groups is 2. The topological polar surface area (TPSA) is 105 Å². The number of ether oxygens (including phenoxy) is 1. The molecule has 1 unspecified atom stereocenters. The Balaban J connectivity index is 2.17. The maximum Gasteiger partial charge on any atom is 0.328 e. The third-order valence-electron chi connectivity index (χ3n) is 2.37. The van der Waals surface area contributed by atoms with Gasteiger partial charge in [-0.15, -0.1) is 0 Å². The van der Waals surface area contributed by atoms with Crippen LogP contribution >= 0.6 is 0 Å². The predicted molar refractivity (Wildman–Crippen MR) is 66.7 cm³/mol. The van der Waals surface area contributed by atoms with Gasteiger partial charge in [0.15, 0.2) is 6.04 Å². The van der Waals surface area contributed by atoms with Crippen molar-refractivity contribution in [2.24, 2.45) is 0 Å². The second-order valence-corrected chi connectivity index (χ2v) is 3.90. The van der Waals surface area contributed by atoms with E-state index in [-0.39, 0.29) is 6.61 Å². The Bertz CT molecular complexity index is 393. The van der Waals surface area contributed by atoms with Gasteiger partial charge >= 0.3 is 12.0 Å². The van der Waals surface area contributed by atoms with Crippen molar-refractivity contribution in [1.82, 2.24) is 20.2 Å². The van der Waals surface area contributed by atoms with Crippen molar-refractivity contribution in [2.75, 3.05) is 20.3 Å². The predicted octanol–water partition coefficient (Wildman–Crippen LogP) is -0.328. The molecule has 0 aliphatic heterocycles. The molecule has 8 heteroatoms. The molecule has 106 valence electrons. The van der Waals surface area contributed by atoms with Crippen LogP contribution in [0.4, 0.5) is 4.79 Å². The maximum absolute atomic E-state index is 11.4. The summed E-state index contributed by atoms with van der Waals surface area (Å²) < 4.78 is 6.60. The van der Waals surface area contributed by atoms with E-state index < -0.39 is 18.0 Å². The summed E-state index contributed by atoms with van der Waals surface area (Å²) >= 11 is 0. The largest absolute Gasteiger partial charge is 0.480 e. The Labute approximate surface area is 110 Å². The number of rotatable bonds is 8. The number of nitrogens with one attached hydrogen (secondary N) is 2. The SMILES string of the molecule is COCC(NC(=O)NCCCn1ccnc1)C(=O)O. The molecule has 0 aliphatic rings. The van der Waals surface area contributed by atoms with E-state index in [0.29, 0.717) is 6.54 Å². The second kappa shape index (κ2) is 8.09. The van der Waals surface area contributed by atoms with E-state index in [1.54, 1.807) is 12.5 Å². The quantitative estimate of drug-likeness (QED) is 0.561. The lowest BCUT2D eigenvalue weighted by molar-refractivity contribution is -0.140. The molecule has 0 spiro atoms. The highest BCUT2D eigenvalue weighted by molar-refractivity contribution is 5.82. The van der Waals surface area contributed by atoms with Crippen molar-refractivity contribution >= 4 is 12.0 Å². The number of aryl methyl sites for hydroxylation is 1. The zero-order valence-corrected chi connectivity index (χ0v) is 10.7. The van der Waals surface area contributed by atoms with Gasteiger partial charge in [0.05, 0.1) is 12.9 Å². The molecule has 0 saturated carbocycles. The fourth-order valence-electron chi connectivity index (χ4n) is 1.43. The molecule has 0 aromatic carbocycles. The van der Waals surface area contributed by atoms with E-state index in [4.69, 9.17) is 9.84 Å². The van der Waals surface area contributed by atoms with Crippen LogP contribution in [0.5, 0.6) is 0 Å². The molecule has 1 rings (SSSR count). The van der Waals surface area contributed by atoms with Gasteiger partial charge in [-0.3, -0.25) is 0 Å². The van der Waals surface area contributed by atoms with Gasteiger partial charge in [0.2, 0.25) is 0 Å². The number of amides is 2. The molecule has 8 nitrogen and oxygen atoms in total. The Morgan fingerprint density at radius 2 is 2.32 bits per heavy atom. The highest BCUT2D eigenvalue weighted by Gasteiger charge is 2.19. The minimum absolute atomic E-state index is 0.0716. The Morgan fingerprint density at radius 3 is 2.89 bits per heavy atom.